The maximum Gasteiger partial charge on any atom is 0.266 e. The van der Waals surface area contributed by atoms with E-state index in [1.807, 2.05) is 6.07 Å². The molecule has 0 saturated heterocycles. The monoisotopic (exact) mass is 315 g/mol. The molecular formula is C17H15F2N3O. The number of benzene rings is 2. The third-order valence-corrected chi connectivity index (χ3v) is 3.61. The predicted molar refractivity (Wildman–Crippen MR) is 84.9 cm³/mol. The zero-order chi connectivity index (χ0) is 16.6. The molecule has 2 aromatic carbocycles. The molecule has 1 heterocycles. The van der Waals surface area contributed by atoms with Crippen molar-refractivity contribution in [1.29, 1.82) is 0 Å². The number of aromatic nitrogens is 2. The molecule has 4 nitrogen and oxygen atoms in total. The van der Waals surface area contributed by atoms with Crippen molar-refractivity contribution in [2.75, 3.05) is 0 Å². The Kier molecular flexibility index (Phi) is 3.92. The van der Waals surface area contributed by atoms with Gasteiger partial charge in [0.1, 0.15) is 5.82 Å². The molecule has 0 aliphatic rings. The van der Waals surface area contributed by atoms with Crippen LogP contribution in [0, 0.1) is 0 Å². The van der Waals surface area contributed by atoms with Crippen molar-refractivity contribution in [3.8, 4) is 5.69 Å². The van der Waals surface area contributed by atoms with Crippen LogP contribution in [0.4, 0.5) is 8.78 Å². The number of fused-ring (bicyclic) bond motifs is 1. The molecule has 2 N–H and O–H groups in total. The number of rotatable bonds is 3. The Morgan fingerprint density at radius 1 is 1.09 bits per heavy atom. The highest BCUT2D eigenvalue weighted by atomic mass is 19.3. The van der Waals surface area contributed by atoms with Gasteiger partial charge >= 0.3 is 0 Å². The Hall–Kier alpha value is -2.60. The SMILES string of the molecule is C[C@H](N)c1nc2c(C(F)F)cccc2c(=O)n1-c1ccccc1. The molecule has 0 fully saturated rings. The van der Waals surface area contributed by atoms with E-state index in [0.717, 1.165) is 0 Å². The summed E-state index contributed by atoms with van der Waals surface area (Å²) in [7, 11) is 0. The topological polar surface area (TPSA) is 60.9 Å². The van der Waals surface area contributed by atoms with E-state index >= 15 is 0 Å². The molecule has 1 atom stereocenters. The first-order valence-corrected chi connectivity index (χ1v) is 7.15. The van der Waals surface area contributed by atoms with E-state index in [4.69, 9.17) is 5.73 Å². The van der Waals surface area contributed by atoms with Gasteiger partial charge in [-0.2, -0.15) is 0 Å². The number of alkyl halides is 2. The van der Waals surface area contributed by atoms with Gasteiger partial charge in [0.2, 0.25) is 0 Å². The van der Waals surface area contributed by atoms with E-state index in [9.17, 15) is 13.6 Å². The molecule has 118 valence electrons. The van der Waals surface area contributed by atoms with Crippen molar-refractivity contribution in [2.45, 2.75) is 19.4 Å². The standard InChI is InChI=1S/C17H15F2N3O/c1-10(20)16-21-14-12(15(18)19)8-5-9-13(14)17(23)22(16)11-6-3-2-4-7-11/h2-10,15H,20H2,1H3/t10-/m0/s1. The molecule has 0 aliphatic heterocycles. The Labute approximate surface area is 131 Å². The number of hydrogen-bond donors (Lipinski definition) is 1. The van der Waals surface area contributed by atoms with Crippen LogP contribution in [0.3, 0.4) is 0 Å². The summed E-state index contributed by atoms with van der Waals surface area (Å²) < 4.78 is 27.8. The molecular weight excluding hydrogens is 300 g/mol. The van der Waals surface area contributed by atoms with Crippen LogP contribution in [0.25, 0.3) is 16.6 Å². The van der Waals surface area contributed by atoms with Crippen LogP contribution in [-0.4, -0.2) is 9.55 Å². The molecule has 0 spiro atoms. The molecule has 1 aromatic heterocycles. The average Bonchev–Trinajstić information content (AvgIpc) is 2.54. The Balaban J connectivity index is 2.44. The van der Waals surface area contributed by atoms with Gasteiger partial charge in [-0.05, 0) is 25.1 Å². The number of hydrogen-bond acceptors (Lipinski definition) is 3. The smallest absolute Gasteiger partial charge is 0.266 e. The summed E-state index contributed by atoms with van der Waals surface area (Å²) in [6.07, 6.45) is -2.71. The van der Waals surface area contributed by atoms with E-state index in [2.05, 4.69) is 4.98 Å². The first kappa shape index (κ1) is 15.3. The lowest BCUT2D eigenvalue weighted by molar-refractivity contribution is 0.153. The first-order valence-electron chi connectivity index (χ1n) is 7.15. The fraction of sp³-hybridized carbons (Fsp3) is 0.176. The fourth-order valence-corrected chi connectivity index (χ4v) is 2.56. The third-order valence-electron chi connectivity index (χ3n) is 3.61. The lowest BCUT2D eigenvalue weighted by Crippen LogP contribution is -2.27. The zero-order valence-corrected chi connectivity index (χ0v) is 12.4. The highest BCUT2D eigenvalue weighted by Gasteiger charge is 2.20. The van der Waals surface area contributed by atoms with Gasteiger partial charge in [-0.25, -0.2) is 13.8 Å². The maximum absolute atomic E-state index is 13.2. The van der Waals surface area contributed by atoms with Crippen LogP contribution >= 0.6 is 0 Å². The first-order chi connectivity index (χ1) is 11.0. The highest BCUT2D eigenvalue weighted by Crippen LogP contribution is 2.26. The van der Waals surface area contributed by atoms with Gasteiger partial charge in [0.25, 0.3) is 12.0 Å². The molecule has 6 heteroatoms. The molecule has 0 saturated carbocycles. The van der Waals surface area contributed by atoms with Crippen LogP contribution in [-0.2, 0) is 0 Å². The molecule has 0 amide bonds. The van der Waals surface area contributed by atoms with Crippen molar-refractivity contribution in [2.24, 2.45) is 5.73 Å². The number of halogens is 2. The Morgan fingerprint density at radius 2 is 1.78 bits per heavy atom. The Bertz CT molecular complexity index is 905. The van der Waals surface area contributed by atoms with E-state index in [-0.39, 0.29) is 22.3 Å². The second-order valence-corrected chi connectivity index (χ2v) is 5.28. The Morgan fingerprint density at radius 3 is 2.39 bits per heavy atom. The molecule has 0 bridgehead atoms. The minimum atomic E-state index is -2.71. The van der Waals surface area contributed by atoms with E-state index in [0.29, 0.717) is 5.69 Å². The van der Waals surface area contributed by atoms with Crippen molar-refractivity contribution in [3.05, 3.63) is 70.3 Å². The lowest BCUT2D eigenvalue weighted by atomic mass is 10.1. The van der Waals surface area contributed by atoms with Crippen LogP contribution < -0.4 is 11.3 Å². The molecule has 0 radical (unpaired) electrons. The van der Waals surface area contributed by atoms with Gasteiger partial charge in [0.15, 0.2) is 0 Å². The minimum Gasteiger partial charge on any atom is -0.322 e. The summed E-state index contributed by atoms with van der Waals surface area (Å²) in [5, 5.41) is 0.149. The van der Waals surface area contributed by atoms with Crippen molar-refractivity contribution in [1.82, 2.24) is 9.55 Å². The summed E-state index contributed by atoms with van der Waals surface area (Å²) in [5.74, 6) is 0.252. The average molecular weight is 315 g/mol. The van der Waals surface area contributed by atoms with Gasteiger partial charge in [-0.15, -0.1) is 0 Å². The highest BCUT2D eigenvalue weighted by molar-refractivity contribution is 5.81. The summed E-state index contributed by atoms with van der Waals surface area (Å²) in [6.45, 7) is 1.66. The normalized spacial score (nSPS) is 12.7. The second kappa shape index (κ2) is 5.89. The summed E-state index contributed by atoms with van der Waals surface area (Å²) >= 11 is 0. The summed E-state index contributed by atoms with van der Waals surface area (Å²) in [4.78, 5) is 17.1. The summed E-state index contributed by atoms with van der Waals surface area (Å²) in [5.41, 5.74) is 5.86. The van der Waals surface area contributed by atoms with Crippen molar-refractivity contribution in [3.63, 3.8) is 0 Å². The van der Waals surface area contributed by atoms with Crippen LogP contribution in [0.15, 0.2) is 53.3 Å². The van der Waals surface area contributed by atoms with Crippen LogP contribution in [0.2, 0.25) is 0 Å². The van der Waals surface area contributed by atoms with Crippen LogP contribution in [0.1, 0.15) is 30.8 Å². The van der Waals surface area contributed by atoms with E-state index in [1.165, 1.54) is 22.8 Å². The second-order valence-electron chi connectivity index (χ2n) is 5.28. The fourth-order valence-electron chi connectivity index (χ4n) is 2.56. The summed E-state index contributed by atoms with van der Waals surface area (Å²) in [6, 6.07) is 12.5. The van der Waals surface area contributed by atoms with Gasteiger partial charge in [-0.1, -0.05) is 30.3 Å². The van der Waals surface area contributed by atoms with Gasteiger partial charge in [0.05, 0.1) is 22.6 Å². The third kappa shape index (κ3) is 2.61. The molecule has 3 aromatic rings. The largest absolute Gasteiger partial charge is 0.322 e. The zero-order valence-electron chi connectivity index (χ0n) is 12.4. The molecule has 3 rings (SSSR count). The number of nitrogens with two attached hydrogens (primary N) is 1. The number of nitrogens with zero attached hydrogens (tertiary/aromatic N) is 2. The number of para-hydroxylation sites is 2. The molecule has 23 heavy (non-hydrogen) atoms. The van der Waals surface area contributed by atoms with Gasteiger partial charge in [0, 0.05) is 5.56 Å². The van der Waals surface area contributed by atoms with Gasteiger partial charge in [-0.3, -0.25) is 9.36 Å². The van der Waals surface area contributed by atoms with Crippen LogP contribution in [0.5, 0.6) is 0 Å². The van der Waals surface area contributed by atoms with E-state index in [1.54, 1.807) is 31.2 Å². The van der Waals surface area contributed by atoms with Crippen molar-refractivity contribution < 1.29 is 8.78 Å². The van der Waals surface area contributed by atoms with Gasteiger partial charge < -0.3 is 5.73 Å². The quantitative estimate of drug-likeness (QED) is 0.806. The van der Waals surface area contributed by atoms with E-state index < -0.39 is 18.0 Å². The predicted octanol–water partition coefficient (Wildman–Crippen LogP) is 3.34. The molecule has 0 unspecified atom stereocenters. The minimum absolute atomic E-state index is 0.00646. The molecule has 0 aliphatic carbocycles. The van der Waals surface area contributed by atoms with Crippen molar-refractivity contribution >= 4 is 10.9 Å². The lowest BCUT2D eigenvalue weighted by Gasteiger charge is -2.17. The maximum atomic E-state index is 13.2.